The Labute approximate surface area is 236 Å². The highest BCUT2D eigenvalue weighted by Crippen LogP contribution is 2.12. The Morgan fingerprint density at radius 2 is 1.32 bits per heavy atom. The van der Waals surface area contributed by atoms with E-state index in [0.717, 1.165) is 0 Å². The van der Waals surface area contributed by atoms with E-state index < -0.39 is 60.2 Å². The second-order valence-corrected chi connectivity index (χ2v) is 10.1. The molecule has 0 aliphatic carbocycles. The summed E-state index contributed by atoms with van der Waals surface area (Å²) in [5.74, 6) is -3.84. The maximum atomic E-state index is 13.3. The first kappa shape index (κ1) is 32.1. The summed E-state index contributed by atoms with van der Waals surface area (Å²) in [7, 11) is 0. The van der Waals surface area contributed by atoms with Crippen molar-refractivity contribution < 1.29 is 34.2 Å². The number of amides is 4. The molecule has 2 rings (SSSR count). The first-order valence-electron chi connectivity index (χ1n) is 12.5. The molecule has 0 aliphatic rings. The number of hydrogen-bond donors (Lipinski definition) is 7. The van der Waals surface area contributed by atoms with Gasteiger partial charge in [0.2, 0.25) is 23.6 Å². The quantitative estimate of drug-likeness (QED) is 0.140. The molecule has 9 N–H and O–H groups in total. The smallest absolute Gasteiger partial charge is 0.326 e. The molecule has 4 unspecified atom stereocenters. The van der Waals surface area contributed by atoms with E-state index in [1.54, 1.807) is 30.3 Å². The Balaban J connectivity index is 2.24. The van der Waals surface area contributed by atoms with E-state index in [1.165, 1.54) is 36.0 Å². The van der Waals surface area contributed by atoms with E-state index in [-0.39, 0.29) is 18.6 Å². The van der Waals surface area contributed by atoms with E-state index in [1.807, 2.05) is 6.26 Å². The van der Waals surface area contributed by atoms with Gasteiger partial charge in [-0.05, 0) is 41.7 Å². The van der Waals surface area contributed by atoms with Crippen molar-refractivity contribution in [2.75, 3.05) is 12.0 Å². The Morgan fingerprint density at radius 3 is 1.90 bits per heavy atom. The van der Waals surface area contributed by atoms with Gasteiger partial charge in [-0.25, -0.2) is 4.79 Å². The fourth-order valence-corrected chi connectivity index (χ4v) is 4.23. The van der Waals surface area contributed by atoms with Gasteiger partial charge in [0.1, 0.15) is 23.9 Å². The van der Waals surface area contributed by atoms with Crippen LogP contribution in [0.2, 0.25) is 0 Å². The number of phenols is 1. The van der Waals surface area contributed by atoms with Crippen LogP contribution in [0.3, 0.4) is 0 Å². The van der Waals surface area contributed by atoms with Gasteiger partial charge in [0.05, 0.1) is 12.5 Å². The number of carbonyl (C=O) groups is 5. The Bertz CT molecular complexity index is 1160. The summed E-state index contributed by atoms with van der Waals surface area (Å²) in [6, 6.07) is 9.64. The molecular weight excluding hydrogens is 538 g/mol. The van der Waals surface area contributed by atoms with Gasteiger partial charge >= 0.3 is 5.97 Å². The molecular formula is C27H35N5O7S. The molecule has 0 fully saturated rings. The molecule has 0 saturated carbocycles. The van der Waals surface area contributed by atoms with Crippen molar-refractivity contribution in [1.29, 1.82) is 0 Å². The molecule has 0 saturated heterocycles. The maximum Gasteiger partial charge on any atom is 0.326 e. The summed E-state index contributed by atoms with van der Waals surface area (Å²) in [6.07, 6.45) is 1.57. The fourth-order valence-electron chi connectivity index (χ4n) is 3.74. The van der Waals surface area contributed by atoms with Gasteiger partial charge in [-0.2, -0.15) is 11.8 Å². The normalized spacial score (nSPS) is 13.8. The monoisotopic (exact) mass is 573 g/mol. The van der Waals surface area contributed by atoms with Gasteiger partial charge in [0.25, 0.3) is 0 Å². The zero-order valence-corrected chi connectivity index (χ0v) is 22.9. The van der Waals surface area contributed by atoms with E-state index in [0.29, 0.717) is 23.3 Å². The lowest BCUT2D eigenvalue weighted by molar-refractivity contribution is -0.142. The van der Waals surface area contributed by atoms with Crippen molar-refractivity contribution in [1.82, 2.24) is 16.0 Å². The standard InChI is InChI=1S/C27H35N5O7S/c1-40-12-11-19(28)24(35)30-21(15-23(29)34)26(37)31-20(13-16-5-3-2-4-6-16)25(36)32-22(27(38)39)14-17-7-9-18(33)10-8-17/h2-10,19-22,33H,11-15,28H2,1H3,(H2,29,34)(H,30,35)(H,31,37)(H,32,36)(H,38,39). The molecule has 4 atom stereocenters. The van der Waals surface area contributed by atoms with Crippen LogP contribution in [0, 0.1) is 0 Å². The summed E-state index contributed by atoms with van der Waals surface area (Å²) < 4.78 is 0. The molecule has 2 aromatic carbocycles. The van der Waals surface area contributed by atoms with Gasteiger partial charge in [-0.1, -0.05) is 42.5 Å². The molecule has 0 radical (unpaired) electrons. The third kappa shape index (κ3) is 10.9. The number of aliphatic carboxylic acids is 1. The number of phenolic OH excluding ortho intramolecular Hbond substituents is 1. The van der Waals surface area contributed by atoms with Gasteiger partial charge in [0, 0.05) is 12.8 Å². The van der Waals surface area contributed by atoms with Crippen LogP contribution in [0.1, 0.15) is 24.0 Å². The van der Waals surface area contributed by atoms with Crippen LogP contribution in [0.5, 0.6) is 5.75 Å². The summed E-state index contributed by atoms with van der Waals surface area (Å²) >= 11 is 1.49. The minimum atomic E-state index is -1.40. The fraction of sp³-hybridized carbons (Fsp3) is 0.370. The molecule has 0 aliphatic heterocycles. The number of nitrogens with one attached hydrogen (secondary N) is 3. The van der Waals surface area contributed by atoms with Crippen LogP contribution < -0.4 is 27.4 Å². The topological polar surface area (TPSA) is 214 Å². The molecule has 0 aromatic heterocycles. The lowest BCUT2D eigenvalue weighted by Crippen LogP contribution is -2.58. The highest BCUT2D eigenvalue weighted by molar-refractivity contribution is 7.98. The first-order valence-corrected chi connectivity index (χ1v) is 13.9. The van der Waals surface area contributed by atoms with Crippen LogP contribution in [-0.4, -0.2) is 76.0 Å². The van der Waals surface area contributed by atoms with Crippen LogP contribution >= 0.6 is 11.8 Å². The zero-order valence-electron chi connectivity index (χ0n) is 22.0. The number of carboxylic acid groups (broad SMARTS) is 1. The van der Waals surface area contributed by atoms with E-state index in [9.17, 15) is 34.2 Å². The van der Waals surface area contributed by atoms with Crippen LogP contribution in [0.15, 0.2) is 54.6 Å². The average molecular weight is 574 g/mol. The molecule has 0 bridgehead atoms. The van der Waals surface area contributed by atoms with Gasteiger partial charge in [-0.15, -0.1) is 0 Å². The third-order valence-corrected chi connectivity index (χ3v) is 6.56. The van der Waals surface area contributed by atoms with Crippen LogP contribution in [-0.2, 0) is 36.8 Å². The van der Waals surface area contributed by atoms with Crippen molar-refractivity contribution in [3.8, 4) is 5.75 Å². The molecule has 13 heteroatoms. The number of thioether (sulfide) groups is 1. The lowest BCUT2D eigenvalue weighted by atomic mass is 10.0. The van der Waals surface area contributed by atoms with Crippen molar-refractivity contribution in [2.45, 2.75) is 49.9 Å². The summed E-state index contributed by atoms with van der Waals surface area (Å²) in [5, 5.41) is 26.6. The number of carboxylic acids is 1. The molecule has 216 valence electrons. The van der Waals surface area contributed by atoms with Crippen molar-refractivity contribution in [3.63, 3.8) is 0 Å². The second-order valence-electron chi connectivity index (χ2n) is 9.14. The number of rotatable bonds is 16. The lowest BCUT2D eigenvalue weighted by Gasteiger charge is -2.25. The third-order valence-electron chi connectivity index (χ3n) is 5.91. The summed E-state index contributed by atoms with van der Waals surface area (Å²) in [4.78, 5) is 62.6. The SMILES string of the molecule is CSCCC(N)C(=O)NC(CC(N)=O)C(=O)NC(Cc1ccccc1)C(=O)NC(Cc1ccc(O)cc1)C(=O)O. The maximum absolute atomic E-state index is 13.3. The van der Waals surface area contributed by atoms with Gasteiger partial charge in [0.15, 0.2) is 0 Å². The predicted octanol–water partition coefficient (Wildman–Crippen LogP) is -0.328. The molecule has 0 spiro atoms. The number of aromatic hydroxyl groups is 1. The number of nitrogens with two attached hydrogens (primary N) is 2. The van der Waals surface area contributed by atoms with Crippen molar-refractivity contribution >= 4 is 41.4 Å². The molecule has 2 aromatic rings. The van der Waals surface area contributed by atoms with Gasteiger partial charge in [-0.3, -0.25) is 19.2 Å². The average Bonchev–Trinajstić information content (AvgIpc) is 2.91. The van der Waals surface area contributed by atoms with Crippen molar-refractivity contribution in [2.24, 2.45) is 11.5 Å². The largest absolute Gasteiger partial charge is 0.508 e. The Hall–Kier alpha value is -4.10. The van der Waals surface area contributed by atoms with E-state index in [2.05, 4.69) is 16.0 Å². The number of benzene rings is 2. The number of primary amides is 1. The summed E-state index contributed by atoms with van der Waals surface area (Å²) in [6.45, 7) is 0. The van der Waals surface area contributed by atoms with Crippen molar-refractivity contribution in [3.05, 3.63) is 65.7 Å². The van der Waals surface area contributed by atoms with Crippen LogP contribution in [0.4, 0.5) is 0 Å². The molecule has 12 nitrogen and oxygen atoms in total. The number of hydrogen-bond acceptors (Lipinski definition) is 8. The van der Waals surface area contributed by atoms with E-state index in [4.69, 9.17) is 11.5 Å². The Kier molecular flexibility index (Phi) is 12.9. The first-order chi connectivity index (χ1) is 19.0. The summed E-state index contributed by atoms with van der Waals surface area (Å²) in [5.41, 5.74) is 12.4. The predicted molar refractivity (Wildman–Crippen MR) is 150 cm³/mol. The molecule has 40 heavy (non-hydrogen) atoms. The minimum Gasteiger partial charge on any atom is -0.508 e. The highest BCUT2D eigenvalue weighted by Gasteiger charge is 2.31. The van der Waals surface area contributed by atoms with E-state index >= 15 is 0 Å². The van der Waals surface area contributed by atoms with Gasteiger partial charge < -0.3 is 37.6 Å². The molecule has 4 amide bonds. The minimum absolute atomic E-state index is 0.00552. The zero-order chi connectivity index (χ0) is 29.7. The Morgan fingerprint density at radius 1 is 0.800 bits per heavy atom. The van der Waals surface area contributed by atoms with Crippen LogP contribution in [0.25, 0.3) is 0 Å². The second kappa shape index (κ2) is 16.1. The number of carbonyl (C=O) groups excluding carboxylic acids is 4. The molecule has 0 heterocycles. The highest BCUT2D eigenvalue weighted by atomic mass is 32.2.